The van der Waals surface area contributed by atoms with Crippen molar-refractivity contribution in [1.29, 1.82) is 0 Å². The van der Waals surface area contributed by atoms with Gasteiger partial charge in [-0.1, -0.05) is 17.7 Å². The van der Waals surface area contributed by atoms with Gasteiger partial charge in [-0.15, -0.1) is 0 Å². The predicted molar refractivity (Wildman–Crippen MR) is 91.2 cm³/mol. The molecule has 0 aliphatic rings. The molecule has 1 N–H and O–H groups in total. The fourth-order valence-corrected chi connectivity index (χ4v) is 2.54. The molecule has 0 aliphatic heterocycles. The molecule has 0 unspecified atom stereocenters. The predicted octanol–water partition coefficient (Wildman–Crippen LogP) is 5.30. The van der Waals surface area contributed by atoms with E-state index in [1.165, 1.54) is 6.07 Å². The molecule has 3 nitrogen and oxygen atoms in total. The summed E-state index contributed by atoms with van der Waals surface area (Å²) >= 11 is 5.55. The van der Waals surface area contributed by atoms with Gasteiger partial charge < -0.3 is 10.1 Å². The highest BCUT2D eigenvalue weighted by Crippen LogP contribution is 2.36. The second-order valence-corrected chi connectivity index (χ2v) is 6.14. The number of halogens is 4. The molecule has 25 heavy (non-hydrogen) atoms. The van der Waals surface area contributed by atoms with Crippen LogP contribution in [0.15, 0.2) is 30.3 Å². The van der Waals surface area contributed by atoms with Crippen molar-refractivity contribution in [3.8, 4) is 5.75 Å². The van der Waals surface area contributed by atoms with Crippen molar-refractivity contribution >= 4 is 23.2 Å². The van der Waals surface area contributed by atoms with Crippen molar-refractivity contribution in [2.75, 3.05) is 11.9 Å². The lowest BCUT2D eigenvalue weighted by Gasteiger charge is -2.14. The number of benzene rings is 2. The van der Waals surface area contributed by atoms with Crippen LogP contribution in [0.25, 0.3) is 0 Å². The summed E-state index contributed by atoms with van der Waals surface area (Å²) in [5.74, 6) is 0.00810. The van der Waals surface area contributed by atoms with E-state index in [1.807, 2.05) is 26.8 Å². The maximum Gasteiger partial charge on any atom is 0.417 e. The van der Waals surface area contributed by atoms with Gasteiger partial charge in [-0.25, -0.2) is 0 Å². The standard InChI is InChI=1S/C18H17ClF3NO2/c1-10-6-11(2)12(3)16(7-10)25-9-17(24)23-13-4-5-15(19)14(8-13)18(20,21)22/h4-8H,9H2,1-3H3,(H,23,24). The van der Waals surface area contributed by atoms with Gasteiger partial charge in [-0.3, -0.25) is 4.79 Å². The largest absolute Gasteiger partial charge is 0.483 e. The lowest BCUT2D eigenvalue weighted by Crippen LogP contribution is -2.21. The zero-order chi connectivity index (χ0) is 18.8. The van der Waals surface area contributed by atoms with Crippen LogP contribution >= 0.6 is 11.6 Å². The molecule has 1 amide bonds. The Kier molecular flexibility index (Phi) is 5.62. The fraction of sp³-hybridized carbons (Fsp3) is 0.278. The SMILES string of the molecule is Cc1cc(C)c(C)c(OCC(=O)Nc2ccc(Cl)c(C(F)(F)F)c2)c1. The number of anilines is 1. The van der Waals surface area contributed by atoms with E-state index in [0.29, 0.717) is 5.75 Å². The highest BCUT2D eigenvalue weighted by molar-refractivity contribution is 6.31. The summed E-state index contributed by atoms with van der Waals surface area (Å²) in [4.78, 5) is 12.0. The van der Waals surface area contributed by atoms with Crippen LogP contribution in [0, 0.1) is 20.8 Å². The monoisotopic (exact) mass is 371 g/mol. The quantitative estimate of drug-likeness (QED) is 0.791. The molecule has 0 heterocycles. The molecule has 2 aromatic rings. The first kappa shape index (κ1) is 19.1. The summed E-state index contributed by atoms with van der Waals surface area (Å²) in [6, 6.07) is 6.99. The van der Waals surface area contributed by atoms with Gasteiger partial charge in [0.05, 0.1) is 10.6 Å². The fourth-order valence-electron chi connectivity index (χ4n) is 2.31. The van der Waals surface area contributed by atoms with E-state index in [-0.39, 0.29) is 12.3 Å². The van der Waals surface area contributed by atoms with Crippen LogP contribution in [-0.2, 0) is 11.0 Å². The lowest BCUT2D eigenvalue weighted by molar-refractivity contribution is -0.137. The molecular formula is C18H17ClF3NO2. The normalized spacial score (nSPS) is 11.3. The first-order valence-corrected chi connectivity index (χ1v) is 7.83. The van der Waals surface area contributed by atoms with E-state index in [2.05, 4.69) is 5.32 Å². The Hall–Kier alpha value is -2.21. The molecule has 0 saturated heterocycles. The highest BCUT2D eigenvalue weighted by atomic mass is 35.5. The Labute approximate surface area is 148 Å². The summed E-state index contributed by atoms with van der Waals surface area (Å²) in [6.07, 6.45) is -4.59. The summed E-state index contributed by atoms with van der Waals surface area (Å²) in [6.45, 7) is 5.40. The smallest absolute Gasteiger partial charge is 0.417 e. The van der Waals surface area contributed by atoms with Gasteiger partial charge in [0.2, 0.25) is 0 Å². The molecule has 0 aliphatic carbocycles. The number of carbonyl (C=O) groups excluding carboxylic acids is 1. The van der Waals surface area contributed by atoms with E-state index < -0.39 is 22.7 Å². The van der Waals surface area contributed by atoms with Crippen LogP contribution in [0.4, 0.5) is 18.9 Å². The number of alkyl halides is 3. The third-order valence-corrected chi connectivity index (χ3v) is 4.01. The lowest BCUT2D eigenvalue weighted by atomic mass is 10.1. The van der Waals surface area contributed by atoms with Gasteiger partial charge in [0.15, 0.2) is 6.61 Å². The maximum atomic E-state index is 12.8. The van der Waals surface area contributed by atoms with Crippen LogP contribution < -0.4 is 10.1 Å². The molecule has 0 fully saturated rings. The van der Waals surface area contributed by atoms with Crippen molar-refractivity contribution in [1.82, 2.24) is 0 Å². The first-order chi connectivity index (χ1) is 11.6. The Morgan fingerprint density at radius 2 is 1.84 bits per heavy atom. The van der Waals surface area contributed by atoms with Crippen LogP contribution in [0.5, 0.6) is 5.75 Å². The molecule has 0 spiro atoms. The zero-order valence-corrected chi connectivity index (χ0v) is 14.7. The molecule has 2 aromatic carbocycles. The highest BCUT2D eigenvalue weighted by Gasteiger charge is 2.33. The number of amides is 1. The Bertz CT molecular complexity index is 804. The van der Waals surface area contributed by atoms with Crippen molar-refractivity contribution in [2.24, 2.45) is 0 Å². The Morgan fingerprint density at radius 1 is 1.16 bits per heavy atom. The minimum absolute atomic E-state index is 0.00229. The molecular weight excluding hydrogens is 355 g/mol. The number of ether oxygens (including phenoxy) is 1. The second kappa shape index (κ2) is 7.35. The minimum atomic E-state index is -4.59. The number of hydrogen-bond donors (Lipinski definition) is 1. The number of nitrogens with one attached hydrogen (secondary N) is 1. The molecule has 7 heteroatoms. The minimum Gasteiger partial charge on any atom is -0.483 e. The average molecular weight is 372 g/mol. The van der Waals surface area contributed by atoms with E-state index in [9.17, 15) is 18.0 Å². The topological polar surface area (TPSA) is 38.3 Å². The van der Waals surface area contributed by atoms with Gasteiger partial charge in [0.25, 0.3) is 5.91 Å². The number of rotatable bonds is 4. The third kappa shape index (κ3) is 4.89. The second-order valence-electron chi connectivity index (χ2n) is 5.73. The van der Waals surface area contributed by atoms with Crippen LogP contribution in [0.3, 0.4) is 0 Å². The van der Waals surface area contributed by atoms with Crippen molar-refractivity contribution in [3.63, 3.8) is 0 Å². The summed E-state index contributed by atoms with van der Waals surface area (Å²) in [5.41, 5.74) is 1.93. The molecule has 0 radical (unpaired) electrons. The van der Waals surface area contributed by atoms with E-state index in [4.69, 9.17) is 16.3 Å². The zero-order valence-electron chi connectivity index (χ0n) is 13.9. The van der Waals surface area contributed by atoms with Gasteiger partial charge in [-0.2, -0.15) is 13.2 Å². The molecule has 0 atom stereocenters. The molecule has 2 rings (SSSR count). The molecule has 0 aromatic heterocycles. The summed E-state index contributed by atoms with van der Waals surface area (Å²) < 4.78 is 44.0. The van der Waals surface area contributed by atoms with Crippen LogP contribution in [0.1, 0.15) is 22.3 Å². The number of hydrogen-bond acceptors (Lipinski definition) is 2. The van der Waals surface area contributed by atoms with Gasteiger partial charge in [0.1, 0.15) is 5.75 Å². The van der Waals surface area contributed by atoms with Crippen LogP contribution in [0.2, 0.25) is 5.02 Å². The summed E-state index contributed by atoms with van der Waals surface area (Å²) in [5, 5.41) is 1.95. The third-order valence-electron chi connectivity index (χ3n) is 3.68. The Balaban J connectivity index is 2.07. The maximum absolute atomic E-state index is 12.8. The average Bonchev–Trinajstić information content (AvgIpc) is 2.50. The van der Waals surface area contributed by atoms with Crippen LogP contribution in [-0.4, -0.2) is 12.5 Å². The number of aryl methyl sites for hydroxylation is 2. The number of carbonyl (C=O) groups is 1. The molecule has 0 bridgehead atoms. The van der Waals surface area contributed by atoms with Gasteiger partial charge in [0, 0.05) is 5.69 Å². The van der Waals surface area contributed by atoms with E-state index in [0.717, 1.165) is 28.8 Å². The molecule has 0 saturated carbocycles. The summed E-state index contributed by atoms with van der Waals surface area (Å²) in [7, 11) is 0. The molecule has 134 valence electrons. The van der Waals surface area contributed by atoms with Crippen molar-refractivity contribution < 1.29 is 22.7 Å². The van der Waals surface area contributed by atoms with E-state index >= 15 is 0 Å². The van der Waals surface area contributed by atoms with E-state index in [1.54, 1.807) is 6.07 Å². The van der Waals surface area contributed by atoms with Gasteiger partial charge in [-0.05, 0) is 61.7 Å². The van der Waals surface area contributed by atoms with Crippen molar-refractivity contribution in [3.05, 3.63) is 57.6 Å². The van der Waals surface area contributed by atoms with Crippen molar-refractivity contribution in [2.45, 2.75) is 26.9 Å². The van der Waals surface area contributed by atoms with Gasteiger partial charge >= 0.3 is 6.18 Å². The first-order valence-electron chi connectivity index (χ1n) is 7.45. The Morgan fingerprint density at radius 3 is 2.48 bits per heavy atom.